The highest BCUT2D eigenvalue weighted by Gasteiger charge is 2.63. The zero-order valence-corrected chi connectivity index (χ0v) is 22.1. The number of Topliss-reactive ketones (excluding diaryl/α,β-unsaturated/α-hetero) is 1. The number of ketones is 1. The Morgan fingerprint density at radius 1 is 0.762 bits per heavy atom. The van der Waals surface area contributed by atoms with Gasteiger partial charge in [0.2, 0.25) is 11.8 Å². The van der Waals surface area contributed by atoms with Crippen molar-refractivity contribution in [3.8, 4) is 0 Å². The van der Waals surface area contributed by atoms with Crippen molar-refractivity contribution in [3.63, 3.8) is 0 Å². The van der Waals surface area contributed by atoms with Crippen molar-refractivity contribution in [3.05, 3.63) is 140 Å². The van der Waals surface area contributed by atoms with E-state index < -0.39 is 45.5 Å². The minimum absolute atomic E-state index is 0.0158. The van der Waals surface area contributed by atoms with E-state index in [1.807, 2.05) is 42.5 Å². The van der Waals surface area contributed by atoms with Gasteiger partial charge in [-0.3, -0.25) is 39.5 Å². The van der Waals surface area contributed by atoms with Crippen LogP contribution >= 0.6 is 0 Å². The Bertz CT molecular complexity index is 1670. The van der Waals surface area contributed by atoms with E-state index in [4.69, 9.17) is 0 Å². The number of amides is 2. The van der Waals surface area contributed by atoms with Gasteiger partial charge in [-0.15, -0.1) is 0 Å². The van der Waals surface area contributed by atoms with Crippen LogP contribution < -0.4 is 0 Å². The second-order valence-corrected chi connectivity index (χ2v) is 10.5. The van der Waals surface area contributed by atoms with Crippen molar-refractivity contribution in [2.75, 3.05) is 0 Å². The third-order valence-electron chi connectivity index (χ3n) is 8.08. The van der Waals surface area contributed by atoms with E-state index in [9.17, 15) is 34.6 Å². The van der Waals surface area contributed by atoms with Gasteiger partial charge >= 0.3 is 0 Å². The summed E-state index contributed by atoms with van der Waals surface area (Å²) in [4.78, 5) is 65.7. The topological polar surface area (TPSA) is 144 Å². The predicted octanol–water partition coefficient (Wildman–Crippen LogP) is 4.24. The highest BCUT2D eigenvalue weighted by Crippen LogP contribution is 2.46. The number of non-ortho nitro benzene ring substituents is 2. The molecule has 0 radical (unpaired) electrons. The van der Waals surface area contributed by atoms with Crippen molar-refractivity contribution in [2.24, 2.45) is 11.8 Å². The van der Waals surface area contributed by atoms with Gasteiger partial charge in [-0.2, -0.15) is 0 Å². The maximum absolute atomic E-state index is 13.9. The summed E-state index contributed by atoms with van der Waals surface area (Å²) in [6.07, 6.45) is 5.86. The molecule has 11 nitrogen and oxygen atoms in total. The lowest BCUT2D eigenvalue weighted by Gasteiger charge is -2.33. The summed E-state index contributed by atoms with van der Waals surface area (Å²) in [5.41, 5.74) is 2.49. The number of nitro groups is 2. The zero-order valence-electron chi connectivity index (χ0n) is 22.1. The first-order valence-electron chi connectivity index (χ1n) is 13.3. The van der Waals surface area contributed by atoms with Gasteiger partial charge in [0.15, 0.2) is 5.78 Å². The van der Waals surface area contributed by atoms with Gasteiger partial charge in [0, 0.05) is 36.0 Å². The van der Waals surface area contributed by atoms with Crippen LogP contribution in [0.15, 0.2) is 103 Å². The number of carbonyl (C=O) groups excluding carboxylic acids is 3. The summed E-state index contributed by atoms with van der Waals surface area (Å²) in [6, 6.07) is 19.0. The van der Waals surface area contributed by atoms with Crippen LogP contribution in [0.1, 0.15) is 21.5 Å². The van der Waals surface area contributed by atoms with Crippen molar-refractivity contribution in [2.45, 2.75) is 25.0 Å². The molecule has 0 spiro atoms. The van der Waals surface area contributed by atoms with E-state index in [0.717, 1.165) is 16.7 Å². The molecule has 0 N–H and O–H groups in total. The number of hydrogen-bond donors (Lipinski definition) is 0. The molecule has 42 heavy (non-hydrogen) atoms. The summed E-state index contributed by atoms with van der Waals surface area (Å²) in [7, 11) is 0. The van der Waals surface area contributed by atoms with E-state index in [1.54, 1.807) is 23.2 Å². The summed E-state index contributed by atoms with van der Waals surface area (Å²) < 4.78 is 0. The molecule has 4 atom stereocenters. The van der Waals surface area contributed by atoms with Crippen molar-refractivity contribution >= 4 is 29.0 Å². The van der Waals surface area contributed by atoms with Gasteiger partial charge in [-0.05, 0) is 41.3 Å². The van der Waals surface area contributed by atoms with Crippen molar-refractivity contribution < 1.29 is 24.2 Å². The number of allylic oxidation sites excluding steroid dienone is 2. The molecule has 0 bridgehead atoms. The molecule has 0 saturated carbocycles. The van der Waals surface area contributed by atoms with Gasteiger partial charge in [0.05, 0.1) is 34.3 Å². The van der Waals surface area contributed by atoms with E-state index in [2.05, 4.69) is 0 Å². The number of fused-ring (bicyclic) bond motifs is 3. The van der Waals surface area contributed by atoms with Crippen molar-refractivity contribution in [1.29, 1.82) is 0 Å². The van der Waals surface area contributed by atoms with Crippen molar-refractivity contribution in [1.82, 2.24) is 9.80 Å². The Labute approximate surface area is 239 Å². The molecule has 3 heterocycles. The molecule has 2 amide bonds. The lowest BCUT2D eigenvalue weighted by molar-refractivity contribution is -0.385. The summed E-state index contributed by atoms with van der Waals surface area (Å²) in [6.45, 7) is 0.0892. The second-order valence-electron chi connectivity index (χ2n) is 10.5. The molecule has 3 aliphatic rings. The molecule has 2 saturated heterocycles. The SMILES string of the molecule is O=C(c1ccc([N+](=O)[O-])cc1)[C@@H]1[C@@H]2C(=O)N(Cc3ccccc3)C(=O)[C@H]2[C@H]2C=C(Cc3ccc([N+](=O)[O-])cc3)C=CN21. The molecular weight excluding hydrogens is 540 g/mol. The fraction of sp³-hybridized carbons (Fsp3) is 0.194. The molecule has 210 valence electrons. The Balaban J connectivity index is 1.34. The number of rotatable bonds is 8. The second kappa shape index (κ2) is 10.5. The van der Waals surface area contributed by atoms with Crippen LogP contribution in [0.4, 0.5) is 11.4 Å². The van der Waals surface area contributed by atoms with Crippen LogP contribution in [-0.2, 0) is 22.6 Å². The average Bonchev–Trinajstić information content (AvgIpc) is 3.45. The van der Waals surface area contributed by atoms with Crippen LogP contribution in [-0.4, -0.2) is 49.3 Å². The number of hydrogen-bond acceptors (Lipinski definition) is 8. The number of carbonyl (C=O) groups is 3. The minimum Gasteiger partial charge on any atom is -0.359 e. The predicted molar refractivity (Wildman–Crippen MR) is 150 cm³/mol. The Hall–Kier alpha value is -5.45. The van der Waals surface area contributed by atoms with Crippen LogP contribution in [0, 0.1) is 32.1 Å². The monoisotopic (exact) mass is 564 g/mol. The fourth-order valence-corrected chi connectivity index (χ4v) is 6.09. The first-order valence-corrected chi connectivity index (χ1v) is 13.3. The Morgan fingerprint density at radius 3 is 1.98 bits per heavy atom. The maximum Gasteiger partial charge on any atom is 0.269 e. The van der Waals surface area contributed by atoms with E-state index in [0.29, 0.717) is 6.42 Å². The Morgan fingerprint density at radius 2 is 1.36 bits per heavy atom. The number of imide groups is 1. The highest BCUT2D eigenvalue weighted by atomic mass is 16.6. The van der Waals surface area contributed by atoms with Gasteiger partial charge in [-0.1, -0.05) is 48.5 Å². The third-order valence-corrected chi connectivity index (χ3v) is 8.08. The van der Waals surface area contributed by atoms with Crippen LogP contribution in [0.3, 0.4) is 0 Å². The molecule has 0 aliphatic carbocycles. The standard InChI is InChI=1S/C31H24N4O7/c36-29(22-8-12-24(13-9-22)35(41)42)28-27-26(30(37)33(31(27)38)18-20-4-2-1-3-5-20)25-17-21(14-15-32(25)28)16-19-6-10-23(11-7-19)34(39)40/h1-15,17,25-28H,16,18H2/t25-,26+,27-,28+/m1/s1. The highest BCUT2D eigenvalue weighted by molar-refractivity contribution is 6.12. The first kappa shape index (κ1) is 26.8. The minimum atomic E-state index is -0.980. The average molecular weight is 565 g/mol. The van der Waals surface area contributed by atoms with E-state index in [-0.39, 0.29) is 29.4 Å². The molecule has 3 aromatic carbocycles. The fourth-order valence-electron chi connectivity index (χ4n) is 6.09. The van der Waals surface area contributed by atoms with Gasteiger partial charge in [-0.25, -0.2) is 0 Å². The van der Waals surface area contributed by atoms with Crippen LogP contribution in [0.5, 0.6) is 0 Å². The summed E-state index contributed by atoms with van der Waals surface area (Å²) >= 11 is 0. The number of nitrogens with zero attached hydrogens (tertiary/aromatic N) is 4. The van der Waals surface area contributed by atoms with Gasteiger partial charge in [0.25, 0.3) is 11.4 Å². The molecule has 6 rings (SSSR count). The van der Waals surface area contributed by atoms with E-state index in [1.165, 1.54) is 41.3 Å². The molecule has 2 fully saturated rings. The van der Waals surface area contributed by atoms with Crippen LogP contribution in [0.25, 0.3) is 0 Å². The zero-order chi connectivity index (χ0) is 29.5. The number of benzene rings is 3. The van der Waals surface area contributed by atoms with Gasteiger partial charge < -0.3 is 4.90 Å². The third kappa shape index (κ3) is 4.64. The lowest BCUT2D eigenvalue weighted by atomic mass is 9.85. The molecule has 3 aliphatic heterocycles. The van der Waals surface area contributed by atoms with Crippen LogP contribution in [0.2, 0.25) is 0 Å². The van der Waals surface area contributed by atoms with E-state index >= 15 is 0 Å². The Kier molecular flexibility index (Phi) is 6.69. The molecule has 0 aromatic heterocycles. The maximum atomic E-state index is 13.9. The largest absolute Gasteiger partial charge is 0.359 e. The summed E-state index contributed by atoms with van der Waals surface area (Å²) in [5, 5.41) is 22.2. The van der Waals surface area contributed by atoms with Gasteiger partial charge in [0.1, 0.15) is 6.04 Å². The smallest absolute Gasteiger partial charge is 0.269 e. The molecular formula is C31H24N4O7. The molecule has 11 heteroatoms. The number of likely N-dealkylation sites (tertiary alicyclic amines) is 1. The number of nitro benzene ring substituents is 2. The quantitative estimate of drug-likeness (QED) is 0.171. The first-order chi connectivity index (χ1) is 20.2. The molecule has 0 unspecified atom stereocenters. The summed E-state index contributed by atoms with van der Waals surface area (Å²) in [5.74, 6) is -2.92. The molecule has 3 aromatic rings. The normalized spacial score (nSPS) is 22.5. The lowest BCUT2D eigenvalue weighted by Crippen LogP contribution is -2.45.